The van der Waals surface area contributed by atoms with Crippen LogP contribution in [-0.4, -0.2) is 30.3 Å². The summed E-state index contributed by atoms with van der Waals surface area (Å²) in [6.45, 7) is -0.0234. The Balaban J connectivity index is 2.11. The van der Waals surface area contributed by atoms with Crippen molar-refractivity contribution in [3.8, 4) is 5.75 Å². The van der Waals surface area contributed by atoms with Crippen molar-refractivity contribution in [2.75, 3.05) is 19.5 Å². The summed E-state index contributed by atoms with van der Waals surface area (Å²) in [5.74, 6) is 0.338. The number of nitrogen functional groups attached to an aromatic ring is 1. The number of ether oxygens (including phenoxy) is 1. The van der Waals surface area contributed by atoms with Gasteiger partial charge in [0.2, 0.25) is 0 Å². The number of benzene rings is 1. The first-order valence-electron chi connectivity index (χ1n) is 5.97. The van der Waals surface area contributed by atoms with E-state index in [1.165, 1.54) is 7.11 Å². The van der Waals surface area contributed by atoms with Crippen LogP contribution in [0.5, 0.6) is 5.75 Å². The van der Waals surface area contributed by atoms with E-state index in [4.69, 9.17) is 10.5 Å². The molecule has 5 heteroatoms. The molecule has 5 nitrogen and oxygen atoms in total. The first-order chi connectivity index (χ1) is 8.60. The number of hydrogen-bond acceptors (Lipinski definition) is 4. The van der Waals surface area contributed by atoms with Gasteiger partial charge in [0.05, 0.1) is 24.9 Å². The number of amides is 1. The van der Waals surface area contributed by atoms with Crippen molar-refractivity contribution in [3.63, 3.8) is 0 Å². The van der Waals surface area contributed by atoms with Crippen LogP contribution in [0.4, 0.5) is 5.69 Å². The molecule has 1 saturated carbocycles. The quantitative estimate of drug-likeness (QED) is 0.694. The Hall–Kier alpha value is -1.75. The molecule has 1 aromatic rings. The van der Waals surface area contributed by atoms with Gasteiger partial charge in [0, 0.05) is 5.56 Å². The number of hydrogen-bond donors (Lipinski definition) is 3. The summed E-state index contributed by atoms with van der Waals surface area (Å²) in [7, 11) is 1.53. The van der Waals surface area contributed by atoms with E-state index < -0.39 is 5.54 Å². The number of methoxy groups -OCH3 is 1. The molecule has 0 aliphatic heterocycles. The maximum Gasteiger partial charge on any atom is 0.251 e. The molecule has 1 aliphatic carbocycles. The number of nitrogens with two attached hydrogens (primary N) is 1. The first kappa shape index (κ1) is 12.7. The van der Waals surface area contributed by atoms with Gasteiger partial charge in [-0.1, -0.05) is 0 Å². The molecule has 1 fully saturated rings. The molecule has 0 heterocycles. The Kier molecular flexibility index (Phi) is 3.43. The van der Waals surface area contributed by atoms with Crippen molar-refractivity contribution < 1.29 is 14.6 Å². The summed E-state index contributed by atoms with van der Waals surface area (Å²) < 4.78 is 5.04. The van der Waals surface area contributed by atoms with E-state index in [-0.39, 0.29) is 12.5 Å². The van der Waals surface area contributed by atoms with Gasteiger partial charge in [-0.05, 0) is 37.5 Å². The zero-order valence-corrected chi connectivity index (χ0v) is 10.4. The highest BCUT2D eigenvalue weighted by Crippen LogP contribution is 2.31. The summed E-state index contributed by atoms with van der Waals surface area (Å²) in [6.07, 6.45) is 2.67. The Morgan fingerprint density at radius 2 is 2.28 bits per heavy atom. The maximum atomic E-state index is 12.0. The number of rotatable bonds is 4. The van der Waals surface area contributed by atoms with Crippen molar-refractivity contribution in [3.05, 3.63) is 23.8 Å². The largest absolute Gasteiger partial charge is 0.495 e. The molecule has 18 heavy (non-hydrogen) atoms. The lowest BCUT2D eigenvalue weighted by Gasteiger charge is -2.40. The van der Waals surface area contributed by atoms with Crippen molar-refractivity contribution in [2.45, 2.75) is 24.8 Å². The molecular formula is C13H18N2O3. The van der Waals surface area contributed by atoms with Crippen LogP contribution in [0.25, 0.3) is 0 Å². The van der Waals surface area contributed by atoms with Crippen LogP contribution in [0.3, 0.4) is 0 Å². The highest BCUT2D eigenvalue weighted by Gasteiger charge is 2.37. The Labute approximate surface area is 106 Å². The van der Waals surface area contributed by atoms with Gasteiger partial charge in [-0.25, -0.2) is 0 Å². The van der Waals surface area contributed by atoms with Crippen molar-refractivity contribution in [2.24, 2.45) is 0 Å². The molecule has 0 aromatic heterocycles. The second-order valence-electron chi connectivity index (χ2n) is 4.70. The topological polar surface area (TPSA) is 84.6 Å². The predicted octanol–water partition coefficient (Wildman–Crippen LogP) is 0.922. The summed E-state index contributed by atoms with van der Waals surface area (Å²) in [6, 6.07) is 4.91. The van der Waals surface area contributed by atoms with Crippen molar-refractivity contribution >= 4 is 11.6 Å². The molecule has 2 rings (SSSR count). The normalized spacial score (nSPS) is 16.8. The lowest BCUT2D eigenvalue weighted by molar-refractivity contribution is 0.0641. The fourth-order valence-corrected chi connectivity index (χ4v) is 2.11. The molecule has 0 radical (unpaired) electrons. The molecule has 0 saturated heterocycles. The molecule has 1 aliphatic rings. The third-order valence-electron chi connectivity index (χ3n) is 3.48. The minimum absolute atomic E-state index is 0.0234. The fraction of sp³-hybridized carbons (Fsp3) is 0.462. The molecule has 1 amide bonds. The number of aliphatic hydroxyl groups excluding tert-OH is 1. The van der Waals surface area contributed by atoms with E-state index in [0.29, 0.717) is 17.0 Å². The number of aliphatic hydroxyl groups is 1. The molecular weight excluding hydrogens is 232 g/mol. The molecule has 0 bridgehead atoms. The van der Waals surface area contributed by atoms with Crippen LogP contribution in [0.15, 0.2) is 18.2 Å². The number of anilines is 1. The van der Waals surface area contributed by atoms with Crippen LogP contribution < -0.4 is 15.8 Å². The first-order valence-corrected chi connectivity index (χ1v) is 5.97. The zero-order chi connectivity index (χ0) is 13.2. The van der Waals surface area contributed by atoms with E-state index in [1.54, 1.807) is 18.2 Å². The van der Waals surface area contributed by atoms with Crippen LogP contribution in [0.1, 0.15) is 29.6 Å². The van der Waals surface area contributed by atoms with Crippen molar-refractivity contribution in [1.29, 1.82) is 0 Å². The van der Waals surface area contributed by atoms with Gasteiger partial charge in [0.1, 0.15) is 5.75 Å². The molecule has 98 valence electrons. The van der Waals surface area contributed by atoms with E-state index >= 15 is 0 Å². The van der Waals surface area contributed by atoms with Gasteiger partial charge in [0.15, 0.2) is 0 Å². The average molecular weight is 250 g/mol. The van der Waals surface area contributed by atoms with Gasteiger partial charge in [-0.2, -0.15) is 0 Å². The van der Waals surface area contributed by atoms with Gasteiger partial charge >= 0.3 is 0 Å². The summed E-state index contributed by atoms with van der Waals surface area (Å²) in [5.41, 5.74) is 6.23. The molecule has 0 spiro atoms. The Bertz CT molecular complexity index is 450. The third-order valence-corrected chi connectivity index (χ3v) is 3.48. The molecule has 0 atom stereocenters. The van der Waals surface area contributed by atoms with Gasteiger partial charge in [-0.3, -0.25) is 4.79 Å². The summed E-state index contributed by atoms with van der Waals surface area (Å²) in [4.78, 5) is 12.0. The van der Waals surface area contributed by atoms with Gasteiger partial charge in [0.25, 0.3) is 5.91 Å². The number of carbonyl (C=O) groups excluding carboxylic acids is 1. The summed E-state index contributed by atoms with van der Waals surface area (Å²) >= 11 is 0. The second-order valence-corrected chi connectivity index (χ2v) is 4.70. The lowest BCUT2D eigenvalue weighted by Crippen LogP contribution is -2.56. The number of carbonyl (C=O) groups is 1. The third kappa shape index (κ3) is 2.26. The standard InChI is InChI=1S/C13H18N2O3/c1-18-11-4-3-9(7-10(11)14)12(17)15-13(8-16)5-2-6-13/h3-4,7,16H,2,5-6,8,14H2,1H3,(H,15,17). The van der Waals surface area contributed by atoms with Crippen LogP contribution in [0.2, 0.25) is 0 Å². The van der Waals surface area contributed by atoms with Crippen LogP contribution >= 0.6 is 0 Å². The number of nitrogens with one attached hydrogen (secondary N) is 1. The van der Waals surface area contributed by atoms with E-state index in [0.717, 1.165) is 19.3 Å². The van der Waals surface area contributed by atoms with Crippen molar-refractivity contribution in [1.82, 2.24) is 5.32 Å². The summed E-state index contributed by atoms with van der Waals surface area (Å²) in [5, 5.41) is 12.2. The second kappa shape index (κ2) is 4.86. The van der Waals surface area contributed by atoms with Crippen LogP contribution in [-0.2, 0) is 0 Å². The monoisotopic (exact) mass is 250 g/mol. The lowest BCUT2D eigenvalue weighted by atomic mass is 9.77. The highest BCUT2D eigenvalue weighted by atomic mass is 16.5. The minimum atomic E-state index is -0.439. The average Bonchev–Trinajstić information content (AvgIpc) is 2.33. The molecule has 4 N–H and O–H groups in total. The Morgan fingerprint density at radius 3 is 2.72 bits per heavy atom. The maximum absolute atomic E-state index is 12.0. The predicted molar refractivity (Wildman–Crippen MR) is 68.5 cm³/mol. The van der Waals surface area contributed by atoms with E-state index in [1.807, 2.05) is 0 Å². The smallest absolute Gasteiger partial charge is 0.251 e. The van der Waals surface area contributed by atoms with E-state index in [2.05, 4.69) is 5.32 Å². The minimum Gasteiger partial charge on any atom is -0.495 e. The van der Waals surface area contributed by atoms with Crippen LogP contribution in [0, 0.1) is 0 Å². The molecule has 0 unspecified atom stereocenters. The fourth-order valence-electron chi connectivity index (χ4n) is 2.11. The Morgan fingerprint density at radius 1 is 1.56 bits per heavy atom. The van der Waals surface area contributed by atoms with Gasteiger partial charge in [-0.15, -0.1) is 0 Å². The molecule has 1 aromatic carbocycles. The van der Waals surface area contributed by atoms with Gasteiger partial charge < -0.3 is 20.9 Å². The zero-order valence-electron chi connectivity index (χ0n) is 10.4. The highest BCUT2D eigenvalue weighted by molar-refractivity contribution is 5.96. The van der Waals surface area contributed by atoms with E-state index in [9.17, 15) is 9.90 Å². The SMILES string of the molecule is COc1ccc(C(=O)NC2(CO)CCC2)cc1N.